The third-order valence-electron chi connectivity index (χ3n) is 4.53. The summed E-state index contributed by atoms with van der Waals surface area (Å²) >= 11 is 0. The largest absolute Gasteiger partial charge is 0.369 e. The molecule has 8 nitrogen and oxygen atoms in total. The van der Waals surface area contributed by atoms with Gasteiger partial charge >= 0.3 is 0 Å². The van der Waals surface area contributed by atoms with E-state index < -0.39 is 28.7 Å². The lowest BCUT2D eigenvalue weighted by atomic mass is 9.78. The fraction of sp³-hybridized carbons (Fsp3) is 0.471. The first-order valence-corrected chi connectivity index (χ1v) is 8.15. The predicted octanol–water partition coefficient (Wildman–Crippen LogP) is 1.44. The predicted molar refractivity (Wildman–Crippen MR) is 89.0 cm³/mol. The molecule has 132 valence electrons. The van der Waals surface area contributed by atoms with Gasteiger partial charge in [-0.2, -0.15) is 5.26 Å². The molecule has 3 N–H and O–H groups in total. The van der Waals surface area contributed by atoms with Crippen LogP contribution in [0.4, 0.5) is 5.69 Å². The molecule has 1 saturated carbocycles. The number of rotatable bonds is 6. The number of primary amides is 1. The van der Waals surface area contributed by atoms with Gasteiger partial charge in [0.25, 0.3) is 5.69 Å². The van der Waals surface area contributed by atoms with Gasteiger partial charge in [0.15, 0.2) is 0 Å². The molecule has 2 amide bonds. The number of hydrogen-bond acceptors (Lipinski definition) is 5. The Bertz CT molecular complexity index is 696. The van der Waals surface area contributed by atoms with Crippen molar-refractivity contribution in [2.45, 2.75) is 38.1 Å². The number of carbonyl (C=O) groups excluding carboxylic acids is 2. The fourth-order valence-electron chi connectivity index (χ4n) is 3.18. The highest BCUT2D eigenvalue weighted by Crippen LogP contribution is 2.30. The van der Waals surface area contributed by atoms with E-state index in [4.69, 9.17) is 5.73 Å². The second kappa shape index (κ2) is 8.24. The summed E-state index contributed by atoms with van der Waals surface area (Å²) < 4.78 is 0. The second-order valence-electron chi connectivity index (χ2n) is 6.22. The smallest absolute Gasteiger partial charge is 0.269 e. The summed E-state index contributed by atoms with van der Waals surface area (Å²) in [6.07, 6.45) is 3.11. The highest BCUT2D eigenvalue weighted by Gasteiger charge is 2.35. The summed E-state index contributed by atoms with van der Waals surface area (Å²) in [4.78, 5) is 34.1. The summed E-state index contributed by atoms with van der Waals surface area (Å²) in [6.45, 7) is 0. The zero-order valence-corrected chi connectivity index (χ0v) is 13.7. The third-order valence-corrected chi connectivity index (χ3v) is 4.53. The molecule has 0 heterocycles. The van der Waals surface area contributed by atoms with Crippen molar-refractivity contribution in [3.05, 3.63) is 39.9 Å². The van der Waals surface area contributed by atoms with Crippen molar-refractivity contribution in [3.63, 3.8) is 0 Å². The van der Waals surface area contributed by atoms with Gasteiger partial charge in [-0.25, -0.2) is 0 Å². The number of carbonyl (C=O) groups is 2. The van der Waals surface area contributed by atoms with Crippen LogP contribution >= 0.6 is 0 Å². The number of non-ortho nitro benzene ring substituents is 1. The van der Waals surface area contributed by atoms with Crippen molar-refractivity contribution in [3.8, 4) is 6.07 Å². The summed E-state index contributed by atoms with van der Waals surface area (Å²) in [5.74, 6) is -1.81. The lowest BCUT2D eigenvalue weighted by Crippen LogP contribution is -2.45. The SMILES string of the molecule is N#C[C@H](Cc1ccc([N+](=O)[O-])cc1)NC(=O)[C@@H]1CCCC[C@@H]1C(N)=O. The van der Waals surface area contributed by atoms with E-state index >= 15 is 0 Å². The van der Waals surface area contributed by atoms with Gasteiger partial charge in [0, 0.05) is 30.4 Å². The monoisotopic (exact) mass is 344 g/mol. The average Bonchev–Trinajstić information content (AvgIpc) is 2.61. The maximum Gasteiger partial charge on any atom is 0.269 e. The Balaban J connectivity index is 2.01. The van der Waals surface area contributed by atoms with Gasteiger partial charge in [0.05, 0.1) is 11.0 Å². The number of nitriles is 1. The number of nitrogens with zero attached hydrogens (tertiary/aromatic N) is 2. The molecular formula is C17H20N4O4. The minimum atomic E-state index is -0.774. The van der Waals surface area contributed by atoms with Crippen LogP contribution in [0.3, 0.4) is 0 Å². The quantitative estimate of drug-likeness (QED) is 0.593. The van der Waals surface area contributed by atoms with E-state index in [9.17, 15) is 25.0 Å². The minimum Gasteiger partial charge on any atom is -0.369 e. The molecule has 0 unspecified atom stereocenters. The summed E-state index contributed by atoms with van der Waals surface area (Å²) in [7, 11) is 0. The lowest BCUT2D eigenvalue weighted by Gasteiger charge is -2.29. The Labute approximate surface area is 145 Å². The minimum absolute atomic E-state index is 0.0344. The van der Waals surface area contributed by atoms with E-state index in [1.165, 1.54) is 12.1 Å². The first-order chi connectivity index (χ1) is 11.9. The standard InChI is InChI=1S/C17H20N4O4/c18-10-12(9-11-5-7-13(8-6-11)21(24)25)20-17(23)15-4-2-1-3-14(15)16(19)22/h5-8,12,14-15H,1-4,9H2,(H2,19,22)(H,20,23)/t12-,14-,15+/m0/s1. The van der Waals surface area contributed by atoms with Gasteiger partial charge in [-0.3, -0.25) is 19.7 Å². The molecule has 1 aromatic rings. The summed E-state index contributed by atoms with van der Waals surface area (Å²) in [6, 6.07) is 7.07. The average molecular weight is 344 g/mol. The number of benzene rings is 1. The molecule has 0 aliphatic heterocycles. The molecular weight excluding hydrogens is 324 g/mol. The molecule has 0 bridgehead atoms. The van der Waals surface area contributed by atoms with Crippen molar-refractivity contribution in [2.24, 2.45) is 17.6 Å². The first-order valence-electron chi connectivity index (χ1n) is 8.15. The molecule has 0 spiro atoms. The zero-order valence-electron chi connectivity index (χ0n) is 13.7. The van der Waals surface area contributed by atoms with E-state index in [1.807, 2.05) is 6.07 Å². The van der Waals surface area contributed by atoms with Crippen LogP contribution in [0.2, 0.25) is 0 Å². The number of nitrogens with two attached hydrogens (primary N) is 1. The zero-order chi connectivity index (χ0) is 18.4. The molecule has 3 atom stereocenters. The van der Waals surface area contributed by atoms with Gasteiger partial charge in [-0.05, 0) is 18.4 Å². The van der Waals surface area contributed by atoms with Crippen LogP contribution in [0.25, 0.3) is 0 Å². The van der Waals surface area contributed by atoms with Gasteiger partial charge < -0.3 is 11.1 Å². The molecule has 1 aliphatic carbocycles. The molecule has 8 heteroatoms. The van der Waals surface area contributed by atoms with Crippen LogP contribution in [0.1, 0.15) is 31.2 Å². The van der Waals surface area contributed by atoms with E-state index in [2.05, 4.69) is 5.32 Å². The van der Waals surface area contributed by atoms with E-state index in [-0.39, 0.29) is 18.0 Å². The lowest BCUT2D eigenvalue weighted by molar-refractivity contribution is -0.384. The van der Waals surface area contributed by atoms with Crippen LogP contribution in [0.5, 0.6) is 0 Å². The highest BCUT2D eigenvalue weighted by atomic mass is 16.6. The Hall–Kier alpha value is -2.95. The van der Waals surface area contributed by atoms with Crippen molar-refractivity contribution in [1.82, 2.24) is 5.32 Å². The number of nitro benzene ring substituents is 1. The highest BCUT2D eigenvalue weighted by molar-refractivity contribution is 5.87. The fourth-order valence-corrected chi connectivity index (χ4v) is 3.18. The van der Waals surface area contributed by atoms with Crippen LogP contribution < -0.4 is 11.1 Å². The summed E-state index contributed by atoms with van der Waals surface area (Å²) in [5, 5.41) is 22.6. The molecule has 1 aliphatic rings. The number of amides is 2. The topological polar surface area (TPSA) is 139 Å². The van der Waals surface area contributed by atoms with E-state index in [0.29, 0.717) is 18.4 Å². The van der Waals surface area contributed by atoms with Crippen molar-refractivity contribution < 1.29 is 14.5 Å². The number of nitro groups is 1. The maximum atomic E-state index is 12.5. The van der Waals surface area contributed by atoms with E-state index in [0.717, 1.165) is 12.8 Å². The van der Waals surface area contributed by atoms with Crippen molar-refractivity contribution >= 4 is 17.5 Å². The van der Waals surface area contributed by atoms with Crippen LogP contribution in [-0.2, 0) is 16.0 Å². The molecule has 0 radical (unpaired) electrons. The Kier molecular flexibility index (Phi) is 6.06. The van der Waals surface area contributed by atoms with Crippen molar-refractivity contribution in [1.29, 1.82) is 5.26 Å². The molecule has 1 fully saturated rings. The number of hydrogen-bond donors (Lipinski definition) is 2. The Morgan fingerprint density at radius 2 is 1.88 bits per heavy atom. The molecule has 2 rings (SSSR count). The maximum absolute atomic E-state index is 12.5. The molecule has 0 saturated heterocycles. The third kappa shape index (κ3) is 4.76. The Morgan fingerprint density at radius 3 is 2.40 bits per heavy atom. The molecule has 1 aromatic carbocycles. The normalized spacial score (nSPS) is 20.9. The van der Waals surface area contributed by atoms with Crippen molar-refractivity contribution in [2.75, 3.05) is 0 Å². The van der Waals surface area contributed by atoms with Crippen LogP contribution in [0.15, 0.2) is 24.3 Å². The van der Waals surface area contributed by atoms with Gasteiger partial charge in [-0.1, -0.05) is 25.0 Å². The van der Waals surface area contributed by atoms with Crippen LogP contribution in [0, 0.1) is 33.3 Å². The second-order valence-corrected chi connectivity index (χ2v) is 6.22. The van der Waals surface area contributed by atoms with Crippen LogP contribution in [-0.4, -0.2) is 22.8 Å². The first kappa shape index (κ1) is 18.4. The van der Waals surface area contributed by atoms with Gasteiger partial charge in [0.2, 0.25) is 11.8 Å². The van der Waals surface area contributed by atoms with Gasteiger partial charge in [-0.15, -0.1) is 0 Å². The van der Waals surface area contributed by atoms with Gasteiger partial charge in [0.1, 0.15) is 6.04 Å². The summed E-state index contributed by atoms with van der Waals surface area (Å²) in [5.41, 5.74) is 6.05. The molecule has 0 aromatic heterocycles. The number of nitrogens with one attached hydrogen (secondary N) is 1. The Morgan fingerprint density at radius 1 is 1.28 bits per heavy atom. The van der Waals surface area contributed by atoms with E-state index in [1.54, 1.807) is 12.1 Å². The molecule has 25 heavy (non-hydrogen) atoms.